The van der Waals surface area contributed by atoms with Crippen molar-refractivity contribution in [3.63, 3.8) is 0 Å². The van der Waals surface area contributed by atoms with E-state index in [0.29, 0.717) is 24.9 Å². The number of hydrogen-bond acceptors (Lipinski definition) is 5. The molecule has 2 atom stereocenters. The Morgan fingerprint density at radius 3 is 2.48 bits per heavy atom. The summed E-state index contributed by atoms with van der Waals surface area (Å²) in [6.07, 6.45) is -0.269. The van der Waals surface area contributed by atoms with Crippen molar-refractivity contribution in [2.75, 3.05) is 19.8 Å². The zero-order valence-corrected chi connectivity index (χ0v) is 17.8. The number of carbonyl (C=O) groups is 1. The van der Waals surface area contributed by atoms with E-state index in [-0.39, 0.29) is 29.9 Å². The van der Waals surface area contributed by atoms with Crippen molar-refractivity contribution in [1.82, 2.24) is 4.98 Å². The number of primary amides is 1. The van der Waals surface area contributed by atoms with Crippen LogP contribution in [0.15, 0.2) is 35.1 Å². The summed E-state index contributed by atoms with van der Waals surface area (Å²) >= 11 is 0. The lowest BCUT2D eigenvalue weighted by molar-refractivity contribution is -0.164. The Morgan fingerprint density at radius 1 is 1.15 bits per heavy atom. The largest absolute Gasteiger partial charge is 0.491 e. The molecule has 1 aromatic heterocycles. The second-order valence-corrected chi connectivity index (χ2v) is 8.38. The van der Waals surface area contributed by atoms with Crippen LogP contribution in [0.3, 0.4) is 0 Å². The van der Waals surface area contributed by atoms with Crippen molar-refractivity contribution >= 4 is 5.91 Å². The standard InChI is InChI=1S/C23H25F3N2O5/c24-23(25,26)20-17(9-18(21(27)29)22(30)28-20)13-5-7-15(8-6-13)32-11-16-10-31-12-19(33-16)14-3-1-2-4-14/h5-9,14,16,19H,1-4,10-12H2,(H2,27,29)(H,28,30)/t16?,19-/m0/s1. The highest BCUT2D eigenvalue weighted by Gasteiger charge is 2.36. The lowest BCUT2D eigenvalue weighted by Crippen LogP contribution is -2.42. The molecule has 0 spiro atoms. The first kappa shape index (κ1) is 23.3. The Balaban J connectivity index is 1.47. The van der Waals surface area contributed by atoms with Crippen LogP contribution in [0.1, 0.15) is 41.7 Å². The van der Waals surface area contributed by atoms with Gasteiger partial charge in [-0.1, -0.05) is 25.0 Å². The Hall–Kier alpha value is -2.85. The summed E-state index contributed by atoms with van der Waals surface area (Å²) in [6.45, 7) is 1.26. The number of rotatable bonds is 6. The molecule has 0 radical (unpaired) electrons. The summed E-state index contributed by atoms with van der Waals surface area (Å²) in [5.74, 6) is -0.159. The van der Waals surface area contributed by atoms with Gasteiger partial charge in [0, 0.05) is 5.56 Å². The van der Waals surface area contributed by atoms with Crippen molar-refractivity contribution < 1.29 is 32.2 Å². The quantitative estimate of drug-likeness (QED) is 0.678. The second-order valence-electron chi connectivity index (χ2n) is 8.38. The topological polar surface area (TPSA) is 104 Å². The molecule has 1 aromatic carbocycles. The third-order valence-corrected chi connectivity index (χ3v) is 6.07. The maximum absolute atomic E-state index is 13.5. The summed E-state index contributed by atoms with van der Waals surface area (Å²) < 4.78 is 58.0. The van der Waals surface area contributed by atoms with E-state index in [0.717, 1.165) is 18.9 Å². The number of nitrogens with two attached hydrogens (primary N) is 1. The first-order valence-corrected chi connectivity index (χ1v) is 10.8. The van der Waals surface area contributed by atoms with E-state index in [9.17, 15) is 22.8 Å². The van der Waals surface area contributed by atoms with Crippen LogP contribution in [0.4, 0.5) is 13.2 Å². The predicted molar refractivity (Wildman–Crippen MR) is 113 cm³/mol. The molecular formula is C23H25F3N2O5. The predicted octanol–water partition coefficient (Wildman–Crippen LogP) is 3.51. The van der Waals surface area contributed by atoms with Crippen molar-refractivity contribution in [2.45, 2.75) is 44.1 Å². The zero-order valence-electron chi connectivity index (χ0n) is 17.8. The minimum Gasteiger partial charge on any atom is -0.491 e. The summed E-state index contributed by atoms with van der Waals surface area (Å²) in [6, 6.07) is 6.73. The lowest BCUT2D eigenvalue weighted by Gasteiger charge is -2.33. The van der Waals surface area contributed by atoms with Gasteiger partial charge in [0.25, 0.3) is 11.5 Å². The van der Waals surface area contributed by atoms with Crippen LogP contribution >= 0.6 is 0 Å². The minimum absolute atomic E-state index is 0.0673. The van der Waals surface area contributed by atoms with Gasteiger partial charge in [-0.3, -0.25) is 9.59 Å². The van der Waals surface area contributed by atoms with Crippen molar-refractivity contribution in [3.8, 4) is 16.9 Å². The van der Waals surface area contributed by atoms with Gasteiger partial charge >= 0.3 is 6.18 Å². The van der Waals surface area contributed by atoms with Crippen LogP contribution in [0, 0.1) is 5.92 Å². The first-order valence-electron chi connectivity index (χ1n) is 10.8. The maximum Gasteiger partial charge on any atom is 0.431 e. The Labute approximate surface area is 188 Å². The lowest BCUT2D eigenvalue weighted by atomic mass is 10.0. The molecule has 1 aliphatic carbocycles. The monoisotopic (exact) mass is 466 g/mol. The molecule has 3 N–H and O–H groups in total. The molecule has 1 saturated heterocycles. The molecular weight excluding hydrogens is 441 g/mol. The van der Waals surface area contributed by atoms with E-state index in [1.807, 2.05) is 0 Å². The second kappa shape index (κ2) is 9.56. The van der Waals surface area contributed by atoms with Crippen LogP contribution < -0.4 is 16.0 Å². The smallest absolute Gasteiger partial charge is 0.431 e. The first-order chi connectivity index (χ1) is 15.7. The highest BCUT2D eigenvalue weighted by molar-refractivity contribution is 5.94. The van der Waals surface area contributed by atoms with Gasteiger partial charge in [-0.2, -0.15) is 13.2 Å². The molecule has 2 heterocycles. The van der Waals surface area contributed by atoms with Gasteiger partial charge in [0.2, 0.25) is 0 Å². The number of amides is 1. The fourth-order valence-corrected chi connectivity index (χ4v) is 4.39. The number of carbonyl (C=O) groups excluding carboxylic acids is 1. The zero-order chi connectivity index (χ0) is 23.6. The van der Waals surface area contributed by atoms with Gasteiger partial charge in [-0.15, -0.1) is 0 Å². The molecule has 2 fully saturated rings. The van der Waals surface area contributed by atoms with Crippen LogP contribution in [0.5, 0.6) is 5.75 Å². The summed E-state index contributed by atoms with van der Waals surface area (Å²) in [4.78, 5) is 25.0. The third kappa shape index (κ3) is 5.39. The summed E-state index contributed by atoms with van der Waals surface area (Å²) in [7, 11) is 0. The fourth-order valence-electron chi connectivity index (χ4n) is 4.39. The SMILES string of the molecule is NC(=O)c1cc(-c2ccc(OCC3COC[C@@H](C4CCCC4)O3)cc2)c(C(F)(F)F)[nH]c1=O. The number of benzene rings is 1. The molecule has 33 heavy (non-hydrogen) atoms. The highest BCUT2D eigenvalue weighted by atomic mass is 19.4. The molecule has 0 bridgehead atoms. The Bertz CT molecular complexity index is 1050. The molecule has 1 saturated carbocycles. The highest BCUT2D eigenvalue weighted by Crippen LogP contribution is 2.36. The number of aromatic amines is 1. The molecule has 4 rings (SSSR count). The van der Waals surface area contributed by atoms with E-state index in [1.54, 1.807) is 4.98 Å². The average Bonchev–Trinajstić information content (AvgIpc) is 3.32. The number of H-pyrrole nitrogens is 1. The molecule has 2 aromatic rings. The number of nitrogens with one attached hydrogen (secondary N) is 1. The van der Waals surface area contributed by atoms with Crippen molar-refractivity contribution in [1.29, 1.82) is 0 Å². The number of pyridine rings is 1. The van der Waals surface area contributed by atoms with E-state index in [1.165, 1.54) is 37.1 Å². The third-order valence-electron chi connectivity index (χ3n) is 6.07. The molecule has 178 valence electrons. The minimum atomic E-state index is -4.83. The fraction of sp³-hybridized carbons (Fsp3) is 0.478. The van der Waals surface area contributed by atoms with E-state index in [2.05, 4.69) is 0 Å². The summed E-state index contributed by atoms with van der Waals surface area (Å²) in [5.41, 5.74) is 1.92. The molecule has 1 aliphatic heterocycles. The Kier molecular flexibility index (Phi) is 6.76. The average molecular weight is 466 g/mol. The molecule has 2 aliphatic rings. The van der Waals surface area contributed by atoms with Crippen LogP contribution in [0.25, 0.3) is 11.1 Å². The van der Waals surface area contributed by atoms with Gasteiger partial charge in [-0.25, -0.2) is 0 Å². The number of aromatic nitrogens is 1. The van der Waals surface area contributed by atoms with Gasteiger partial charge in [0.15, 0.2) is 0 Å². The van der Waals surface area contributed by atoms with Crippen LogP contribution in [0.2, 0.25) is 0 Å². The van der Waals surface area contributed by atoms with E-state index in [4.69, 9.17) is 19.9 Å². The molecule has 1 unspecified atom stereocenters. The van der Waals surface area contributed by atoms with Gasteiger partial charge in [-0.05, 0) is 42.5 Å². The maximum atomic E-state index is 13.5. The molecule has 10 heteroatoms. The molecule has 1 amide bonds. The van der Waals surface area contributed by atoms with Gasteiger partial charge < -0.3 is 24.9 Å². The van der Waals surface area contributed by atoms with E-state index >= 15 is 0 Å². The van der Waals surface area contributed by atoms with Crippen molar-refractivity contribution in [3.05, 3.63) is 51.9 Å². The van der Waals surface area contributed by atoms with Gasteiger partial charge in [0.1, 0.15) is 29.7 Å². The van der Waals surface area contributed by atoms with Crippen LogP contribution in [-0.2, 0) is 15.7 Å². The number of hydrogen-bond donors (Lipinski definition) is 2. The number of ether oxygens (including phenoxy) is 3. The van der Waals surface area contributed by atoms with E-state index < -0.39 is 28.9 Å². The van der Waals surface area contributed by atoms with Crippen molar-refractivity contribution in [2.24, 2.45) is 11.7 Å². The van der Waals surface area contributed by atoms with Crippen LogP contribution in [-0.4, -0.2) is 42.9 Å². The summed E-state index contributed by atoms with van der Waals surface area (Å²) in [5, 5.41) is 0. The number of alkyl halides is 3. The Morgan fingerprint density at radius 2 is 1.85 bits per heavy atom. The molecule has 7 nitrogen and oxygen atoms in total. The normalized spacial score (nSPS) is 21.8. The van der Waals surface area contributed by atoms with Gasteiger partial charge in [0.05, 0.1) is 19.3 Å². The number of halogens is 3.